The molecule has 134 valence electrons. The lowest BCUT2D eigenvalue weighted by molar-refractivity contribution is 0.0951. The van der Waals surface area contributed by atoms with Crippen LogP contribution in [-0.2, 0) is 6.54 Å². The molecule has 0 bridgehead atoms. The average Bonchev–Trinajstić information content (AvgIpc) is 3.10. The fourth-order valence-corrected chi connectivity index (χ4v) is 3.16. The Kier molecular flexibility index (Phi) is 4.60. The molecule has 1 amide bonds. The minimum absolute atomic E-state index is 0.150. The molecular weight excluding hydrogens is 360 g/mol. The van der Waals surface area contributed by atoms with Crippen molar-refractivity contribution in [2.24, 2.45) is 0 Å². The van der Waals surface area contributed by atoms with Crippen molar-refractivity contribution in [2.75, 3.05) is 0 Å². The molecule has 0 radical (unpaired) electrons. The third kappa shape index (κ3) is 3.41. The largest absolute Gasteiger partial charge is 0.348 e. The predicted molar refractivity (Wildman–Crippen MR) is 106 cm³/mol. The van der Waals surface area contributed by atoms with Crippen LogP contribution in [0.1, 0.15) is 21.5 Å². The summed E-state index contributed by atoms with van der Waals surface area (Å²) in [5.74, 6) is 0.491. The molecule has 0 spiro atoms. The zero-order valence-electron chi connectivity index (χ0n) is 14.7. The van der Waals surface area contributed by atoms with Gasteiger partial charge in [0.1, 0.15) is 0 Å². The van der Waals surface area contributed by atoms with E-state index in [0.29, 0.717) is 28.6 Å². The van der Waals surface area contributed by atoms with Gasteiger partial charge in [-0.3, -0.25) is 9.20 Å². The fourth-order valence-electron chi connectivity index (χ4n) is 2.94. The van der Waals surface area contributed by atoms with E-state index in [0.717, 1.165) is 16.7 Å². The van der Waals surface area contributed by atoms with Crippen LogP contribution in [0.4, 0.5) is 0 Å². The molecule has 0 atom stereocenters. The highest BCUT2D eigenvalue weighted by Crippen LogP contribution is 2.26. The Morgan fingerprint density at radius 2 is 1.85 bits per heavy atom. The number of pyridine rings is 1. The van der Waals surface area contributed by atoms with Gasteiger partial charge < -0.3 is 5.32 Å². The highest BCUT2D eigenvalue weighted by molar-refractivity contribution is 6.33. The van der Waals surface area contributed by atoms with Crippen LogP contribution in [0.3, 0.4) is 0 Å². The molecule has 2 aromatic carbocycles. The Hall–Kier alpha value is -3.18. The first kappa shape index (κ1) is 17.2. The number of aromatic nitrogens is 3. The molecule has 0 aliphatic heterocycles. The summed E-state index contributed by atoms with van der Waals surface area (Å²) in [5.41, 5.74) is 4.16. The first-order valence-corrected chi connectivity index (χ1v) is 8.93. The number of rotatable bonds is 4. The first-order chi connectivity index (χ1) is 13.1. The summed E-state index contributed by atoms with van der Waals surface area (Å²) in [7, 11) is 0. The Morgan fingerprint density at radius 3 is 2.67 bits per heavy atom. The van der Waals surface area contributed by atoms with E-state index >= 15 is 0 Å². The minimum Gasteiger partial charge on any atom is -0.348 e. The molecule has 0 fully saturated rings. The Balaban J connectivity index is 1.58. The fraction of sp³-hybridized carbons (Fsp3) is 0.0952. The molecule has 6 heteroatoms. The molecule has 0 aliphatic carbocycles. The second-order valence-corrected chi connectivity index (χ2v) is 6.66. The van der Waals surface area contributed by atoms with Gasteiger partial charge >= 0.3 is 0 Å². The summed E-state index contributed by atoms with van der Waals surface area (Å²) in [6.07, 6.45) is 1.79. The third-order valence-electron chi connectivity index (χ3n) is 4.49. The maximum Gasteiger partial charge on any atom is 0.251 e. The lowest BCUT2D eigenvalue weighted by Crippen LogP contribution is -2.23. The highest BCUT2D eigenvalue weighted by Gasteiger charge is 2.13. The number of fused-ring (bicyclic) bond motifs is 1. The molecule has 0 saturated carbocycles. The summed E-state index contributed by atoms with van der Waals surface area (Å²) in [5, 5.41) is 12.0. The highest BCUT2D eigenvalue weighted by atomic mass is 35.5. The van der Waals surface area contributed by atoms with Crippen molar-refractivity contribution < 1.29 is 4.79 Å². The molecule has 1 N–H and O–H groups in total. The molecule has 0 unspecified atom stereocenters. The number of amides is 1. The number of hydrogen-bond donors (Lipinski definition) is 1. The molecule has 5 nitrogen and oxygen atoms in total. The quantitative estimate of drug-likeness (QED) is 0.578. The number of nitrogens with one attached hydrogen (secondary N) is 1. The lowest BCUT2D eigenvalue weighted by atomic mass is 10.1. The zero-order chi connectivity index (χ0) is 18.8. The van der Waals surface area contributed by atoms with E-state index in [4.69, 9.17) is 11.6 Å². The van der Waals surface area contributed by atoms with Crippen LogP contribution in [-0.4, -0.2) is 20.5 Å². The first-order valence-electron chi connectivity index (χ1n) is 8.56. The van der Waals surface area contributed by atoms with Crippen molar-refractivity contribution in [1.82, 2.24) is 19.9 Å². The number of aryl methyl sites for hydroxylation is 1. The van der Waals surface area contributed by atoms with E-state index in [1.165, 1.54) is 0 Å². The second-order valence-electron chi connectivity index (χ2n) is 6.26. The normalized spacial score (nSPS) is 10.9. The maximum absolute atomic E-state index is 12.5. The SMILES string of the molecule is Cc1ccccc1CNC(=O)c1ccn2c(-c3ccccc3Cl)nnc2c1. The van der Waals surface area contributed by atoms with Crippen molar-refractivity contribution >= 4 is 23.2 Å². The standard InChI is InChI=1S/C21H17ClN4O/c1-14-6-2-3-7-16(14)13-23-21(27)15-10-11-26-19(12-15)24-25-20(26)17-8-4-5-9-18(17)22/h2-12H,13H2,1H3,(H,23,27). The number of halogens is 1. The second kappa shape index (κ2) is 7.21. The van der Waals surface area contributed by atoms with Gasteiger partial charge in [0.25, 0.3) is 5.91 Å². The Morgan fingerprint density at radius 1 is 1.07 bits per heavy atom. The number of carbonyl (C=O) groups excluding carboxylic acids is 1. The van der Waals surface area contributed by atoms with E-state index in [2.05, 4.69) is 15.5 Å². The van der Waals surface area contributed by atoms with E-state index in [1.807, 2.05) is 59.9 Å². The van der Waals surface area contributed by atoms with Gasteiger partial charge in [0, 0.05) is 23.9 Å². The summed E-state index contributed by atoms with van der Waals surface area (Å²) < 4.78 is 1.82. The predicted octanol–water partition coefficient (Wildman–Crippen LogP) is 4.29. The van der Waals surface area contributed by atoms with Gasteiger partial charge in [-0.05, 0) is 42.3 Å². The summed E-state index contributed by atoms with van der Waals surface area (Å²) in [4.78, 5) is 12.5. The molecular formula is C21H17ClN4O. The molecule has 2 heterocycles. The average molecular weight is 377 g/mol. The molecule has 2 aromatic heterocycles. The van der Waals surface area contributed by atoms with Gasteiger partial charge in [-0.1, -0.05) is 48.0 Å². The zero-order valence-corrected chi connectivity index (χ0v) is 15.4. The monoisotopic (exact) mass is 376 g/mol. The van der Waals surface area contributed by atoms with Crippen LogP contribution in [0.5, 0.6) is 0 Å². The van der Waals surface area contributed by atoms with Gasteiger partial charge in [0.2, 0.25) is 0 Å². The van der Waals surface area contributed by atoms with Crippen LogP contribution in [0.15, 0.2) is 66.9 Å². The minimum atomic E-state index is -0.150. The van der Waals surface area contributed by atoms with Gasteiger partial charge in [0.15, 0.2) is 11.5 Å². The molecule has 4 aromatic rings. The van der Waals surface area contributed by atoms with Gasteiger partial charge in [-0.2, -0.15) is 0 Å². The molecule has 27 heavy (non-hydrogen) atoms. The third-order valence-corrected chi connectivity index (χ3v) is 4.82. The number of benzene rings is 2. The van der Waals surface area contributed by atoms with E-state index in [-0.39, 0.29) is 5.91 Å². The van der Waals surface area contributed by atoms with E-state index in [1.54, 1.807) is 18.3 Å². The molecule has 0 saturated heterocycles. The Labute approximate surface area is 161 Å². The molecule has 4 rings (SSSR count). The van der Waals surface area contributed by atoms with Crippen LogP contribution < -0.4 is 5.32 Å². The van der Waals surface area contributed by atoms with Crippen molar-refractivity contribution in [3.05, 3.63) is 88.6 Å². The Bertz CT molecular complexity index is 1140. The van der Waals surface area contributed by atoms with Gasteiger partial charge in [-0.25, -0.2) is 0 Å². The van der Waals surface area contributed by atoms with E-state index < -0.39 is 0 Å². The van der Waals surface area contributed by atoms with E-state index in [9.17, 15) is 4.79 Å². The lowest BCUT2D eigenvalue weighted by Gasteiger charge is -2.08. The number of nitrogens with zero attached hydrogens (tertiary/aromatic N) is 3. The van der Waals surface area contributed by atoms with Crippen molar-refractivity contribution in [2.45, 2.75) is 13.5 Å². The van der Waals surface area contributed by atoms with Crippen molar-refractivity contribution in [1.29, 1.82) is 0 Å². The van der Waals surface area contributed by atoms with Crippen LogP contribution >= 0.6 is 11.6 Å². The summed E-state index contributed by atoms with van der Waals surface area (Å²) >= 11 is 6.26. The van der Waals surface area contributed by atoms with Crippen molar-refractivity contribution in [3.63, 3.8) is 0 Å². The van der Waals surface area contributed by atoms with Crippen LogP contribution in [0, 0.1) is 6.92 Å². The summed E-state index contributed by atoms with van der Waals surface area (Å²) in [6, 6.07) is 18.9. The van der Waals surface area contributed by atoms with Crippen LogP contribution in [0.25, 0.3) is 17.0 Å². The number of hydrogen-bond acceptors (Lipinski definition) is 3. The van der Waals surface area contributed by atoms with Crippen molar-refractivity contribution in [3.8, 4) is 11.4 Å². The van der Waals surface area contributed by atoms with Crippen LogP contribution in [0.2, 0.25) is 5.02 Å². The van der Waals surface area contributed by atoms with Gasteiger partial charge in [-0.15, -0.1) is 10.2 Å². The smallest absolute Gasteiger partial charge is 0.251 e. The topological polar surface area (TPSA) is 59.3 Å². The maximum atomic E-state index is 12.5. The summed E-state index contributed by atoms with van der Waals surface area (Å²) in [6.45, 7) is 2.51. The van der Waals surface area contributed by atoms with Gasteiger partial charge in [0.05, 0.1) is 5.02 Å². The number of carbonyl (C=O) groups is 1. The molecule has 0 aliphatic rings.